The van der Waals surface area contributed by atoms with Crippen LogP contribution in [0, 0.1) is 12.7 Å². The highest BCUT2D eigenvalue weighted by Gasteiger charge is 2.25. The molecule has 8 heteroatoms. The fourth-order valence-electron chi connectivity index (χ4n) is 3.32. The molecule has 3 N–H and O–H groups in total. The Kier molecular flexibility index (Phi) is 6.62. The predicted octanol–water partition coefficient (Wildman–Crippen LogP) is 4.03. The summed E-state index contributed by atoms with van der Waals surface area (Å²) in [5.41, 5.74) is 7.23. The van der Waals surface area contributed by atoms with E-state index >= 15 is 0 Å². The first-order valence-electron chi connectivity index (χ1n) is 10.2. The molecule has 0 fully saturated rings. The standard InChI is InChI=1S/C24H26FN3O4/c1-5-31-23(30)19-14(2)27-17-10-7-11-18(20(17)21(19)26)32-13-24(3,4)28-22(29)15-8-6-9-16(25)12-15/h6-12H,5,13H2,1-4H3,(H2,26,27)(H,28,29). The van der Waals surface area contributed by atoms with E-state index in [4.69, 9.17) is 15.2 Å². The molecule has 32 heavy (non-hydrogen) atoms. The SMILES string of the molecule is CCOC(=O)c1c(C)nc2cccc(OCC(C)(C)NC(=O)c3cccc(F)c3)c2c1N. The summed E-state index contributed by atoms with van der Waals surface area (Å²) >= 11 is 0. The fraction of sp³-hybridized carbons (Fsp3) is 0.292. The molecule has 0 saturated heterocycles. The van der Waals surface area contributed by atoms with Gasteiger partial charge >= 0.3 is 5.97 Å². The zero-order valence-electron chi connectivity index (χ0n) is 18.5. The van der Waals surface area contributed by atoms with Crippen LogP contribution in [0.3, 0.4) is 0 Å². The number of nitrogens with two attached hydrogens (primary N) is 1. The molecule has 1 aromatic heterocycles. The second kappa shape index (κ2) is 9.21. The van der Waals surface area contributed by atoms with Gasteiger partial charge in [0.2, 0.25) is 0 Å². The van der Waals surface area contributed by atoms with Gasteiger partial charge in [0.25, 0.3) is 5.91 Å². The molecule has 0 aliphatic rings. The molecule has 1 heterocycles. The second-order valence-electron chi connectivity index (χ2n) is 7.99. The maximum absolute atomic E-state index is 13.4. The Bertz CT molecular complexity index is 1180. The van der Waals surface area contributed by atoms with Crippen molar-refractivity contribution in [1.82, 2.24) is 10.3 Å². The number of ether oxygens (including phenoxy) is 2. The molecule has 0 saturated carbocycles. The fourth-order valence-corrected chi connectivity index (χ4v) is 3.32. The van der Waals surface area contributed by atoms with Gasteiger partial charge in [0.05, 0.1) is 34.4 Å². The average Bonchev–Trinajstić information content (AvgIpc) is 2.72. The highest BCUT2D eigenvalue weighted by molar-refractivity contribution is 6.07. The maximum Gasteiger partial charge on any atom is 0.342 e. The molecule has 0 atom stereocenters. The van der Waals surface area contributed by atoms with E-state index < -0.39 is 23.2 Å². The summed E-state index contributed by atoms with van der Waals surface area (Å²) in [6.07, 6.45) is 0. The lowest BCUT2D eigenvalue weighted by Crippen LogP contribution is -2.47. The summed E-state index contributed by atoms with van der Waals surface area (Å²) in [4.78, 5) is 29.4. The molecule has 0 aliphatic heterocycles. The van der Waals surface area contributed by atoms with E-state index in [1.54, 1.807) is 45.9 Å². The van der Waals surface area contributed by atoms with Crippen molar-refractivity contribution < 1.29 is 23.5 Å². The Morgan fingerprint density at radius 2 is 1.91 bits per heavy atom. The Hall–Kier alpha value is -3.68. The van der Waals surface area contributed by atoms with Crippen LogP contribution in [0.15, 0.2) is 42.5 Å². The molecule has 3 aromatic rings. The molecule has 2 aromatic carbocycles. The van der Waals surface area contributed by atoms with Crippen molar-refractivity contribution in [3.8, 4) is 5.75 Å². The lowest BCUT2D eigenvalue weighted by molar-refractivity contribution is 0.0526. The van der Waals surface area contributed by atoms with Crippen molar-refractivity contribution in [2.24, 2.45) is 0 Å². The van der Waals surface area contributed by atoms with Crippen LogP contribution in [0.2, 0.25) is 0 Å². The van der Waals surface area contributed by atoms with Crippen molar-refractivity contribution in [3.63, 3.8) is 0 Å². The van der Waals surface area contributed by atoms with Crippen molar-refractivity contribution in [2.75, 3.05) is 18.9 Å². The molecule has 0 bridgehead atoms. The molecule has 0 aliphatic carbocycles. The molecule has 7 nitrogen and oxygen atoms in total. The number of nitrogen functional groups attached to an aromatic ring is 1. The Morgan fingerprint density at radius 1 is 1.19 bits per heavy atom. The summed E-state index contributed by atoms with van der Waals surface area (Å²) < 4.78 is 24.5. The lowest BCUT2D eigenvalue weighted by Gasteiger charge is -2.27. The third kappa shape index (κ3) is 4.96. The van der Waals surface area contributed by atoms with Crippen LogP contribution >= 0.6 is 0 Å². The van der Waals surface area contributed by atoms with Gasteiger partial charge < -0.3 is 20.5 Å². The summed E-state index contributed by atoms with van der Waals surface area (Å²) in [7, 11) is 0. The third-order valence-electron chi connectivity index (χ3n) is 4.80. The Balaban J connectivity index is 1.86. The van der Waals surface area contributed by atoms with Gasteiger partial charge in [0.1, 0.15) is 23.7 Å². The summed E-state index contributed by atoms with van der Waals surface area (Å²) in [6, 6.07) is 10.7. The van der Waals surface area contributed by atoms with Gasteiger partial charge in [-0.05, 0) is 58.0 Å². The number of pyridine rings is 1. The highest BCUT2D eigenvalue weighted by atomic mass is 19.1. The summed E-state index contributed by atoms with van der Waals surface area (Å²) in [5, 5.41) is 3.33. The van der Waals surface area contributed by atoms with Crippen LogP contribution in [0.5, 0.6) is 5.75 Å². The van der Waals surface area contributed by atoms with Crippen molar-refractivity contribution in [3.05, 3.63) is 65.1 Å². The Labute approximate surface area is 185 Å². The van der Waals surface area contributed by atoms with Crippen LogP contribution in [-0.2, 0) is 4.74 Å². The van der Waals surface area contributed by atoms with E-state index in [1.165, 1.54) is 24.3 Å². The number of carbonyl (C=O) groups is 2. The summed E-state index contributed by atoms with van der Waals surface area (Å²) in [6.45, 7) is 7.28. The highest BCUT2D eigenvalue weighted by Crippen LogP contribution is 2.34. The van der Waals surface area contributed by atoms with Crippen molar-refractivity contribution in [2.45, 2.75) is 33.2 Å². The third-order valence-corrected chi connectivity index (χ3v) is 4.80. The van der Waals surface area contributed by atoms with E-state index in [0.29, 0.717) is 22.3 Å². The number of anilines is 1. The largest absolute Gasteiger partial charge is 0.490 e. The minimum Gasteiger partial charge on any atom is -0.490 e. The first-order valence-corrected chi connectivity index (χ1v) is 10.2. The van der Waals surface area contributed by atoms with E-state index in [1.807, 2.05) is 0 Å². The minimum absolute atomic E-state index is 0.0925. The van der Waals surface area contributed by atoms with Gasteiger partial charge in [-0.1, -0.05) is 12.1 Å². The van der Waals surface area contributed by atoms with Crippen LogP contribution in [0.1, 0.15) is 47.2 Å². The second-order valence-corrected chi connectivity index (χ2v) is 7.99. The molecule has 0 unspecified atom stereocenters. The number of carbonyl (C=O) groups excluding carboxylic acids is 2. The summed E-state index contributed by atoms with van der Waals surface area (Å²) in [5.74, 6) is -1.03. The van der Waals surface area contributed by atoms with E-state index in [-0.39, 0.29) is 30.0 Å². The van der Waals surface area contributed by atoms with Gasteiger partial charge in [-0.3, -0.25) is 9.78 Å². The van der Waals surface area contributed by atoms with E-state index in [0.717, 1.165) is 0 Å². The normalized spacial score (nSPS) is 11.3. The monoisotopic (exact) mass is 439 g/mol. The number of esters is 1. The molecule has 3 rings (SSSR count). The molecular formula is C24H26FN3O4. The van der Waals surface area contributed by atoms with Crippen molar-refractivity contribution >= 4 is 28.5 Å². The lowest BCUT2D eigenvalue weighted by atomic mass is 10.0. The van der Waals surface area contributed by atoms with Crippen LogP contribution in [0.4, 0.5) is 10.1 Å². The number of halogens is 1. The molecular weight excluding hydrogens is 413 g/mol. The maximum atomic E-state index is 13.4. The number of hydrogen-bond acceptors (Lipinski definition) is 6. The topological polar surface area (TPSA) is 104 Å². The minimum atomic E-state index is -0.789. The zero-order chi connectivity index (χ0) is 23.5. The number of amides is 1. The Morgan fingerprint density at radius 3 is 2.59 bits per heavy atom. The van der Waals surface area contributed by atoms with Gasteiger partial charge in [-0.25, -0.2) is 9.18 Å². The quantitative estimate of drug-likeness (QED) is 0.539. The number of nitrogens with zero attached hydrogens (tertiary/aromatic N) is 1. The number of hydrogen-bond donors (Lipinski definition) is 2. The number of aromatic nitrogens is 1. The van der Waals surface area contributed by atoms with Gasteiger partial charge in [-0.15, -0.1) is 0 Å². The number of nitrogens with one attached hydrogen (secondary N) is 1. The number of aryl methyl sites for hydroxylation is 1. The van der Waals surface area contributed by atoms with Crippen molar-refractivity contribution in [1.29, 1.82) is 0 Å². The smallest absolute Gasteiger partial charge is 0.342 e. The molecule has 0 spiro atoms. The number of fused-ring (bicyclic) bond motifs is 1. The van der Waals surface area contributed by atoms with Crippen LogP contribution in [-0.4, -0.2) is 35.6 Å². The first-order chi connectivity index (χ1) is 15.1. The molecule has 0 radical (unpaired) electrons. The van der Waals surface area contributed by atoms with Gasteiger partial charge in [0, 0.05) is 5.56 Å². The van der Waals surface area contributed by atoms with E-state index in [9.17, 15) is 14.0 Å². The van der Waals surface area contributed by atoms with Gasteiger partial charge in [-0.2, -0.15) is 0 Å². The van der Waals surface area contributed by atoms with Crippen LogP contribution < -0.4 is 15.8 Å². The zero-order valence-corrected chi connectivity index (χ0v) is 18.5. The predicted molar refractivity (Wildman–Crippen MR) is 120 cm³/mol. The van der Waals surface area contributed by atoms with E-state index in [2.05, 4.69) is 10.3 Å². The molecule has 168 valence electrons. The molecule has 1 amide bonds. The van der Waals surface area contributed by atoms with Crippen LogP contribution in [0.25, 0.3) is 10.9 Å². The number of rotatable bonds is 7. The number of benzene rings is 2. The average molecular weight is 439 g/mol. The first kappa shape index (κ1) is 23.0. The van der Waals surface area contributed by atoms with Gasteiger partial charge in [0.15, 0.2) is 0 Å².